The van der Waals surface area contributed by atoms with Gasteiger partial charge in [-0.15, -0.1) is 0 Å². The first-order valence-corrected chi connectivity index (χ1v) is 11.5. The van der Waals surface area contributed by atoms with Gasteiger partial charge < -0.3 is 4.74 Å². The summed E-state index contributed by atoms with van der Waals surface area (Å²) in [5, 5.41) is 4.55. The molecule has 0 radical (unpaired) electrons. The van der Waals surface area contributed by atoms with Crippen molar-refractivity contribution in [3.63, 3.8) is 0 Å². The van der Waals surface area contributed by atoms with E-state index in [1.165, 1.54) is 13.8 Å². The van der Waals surface area contributed by atoms with E-state index in [1.54, 1.807) is 35.0 Å². The molecule has 0 unspecified atom stereocenters. The van der Waals surface area contributed by atoms with Crippen LogP contribution in [-0.4, -0.2) is 30.1 Å². The van der Waals surface area contributed by atoms with Gasteiger partial charge >= 0.3 is 6.18 Å². The zero-order valence-electron chi connectivity index (χ0n) is 17.8. The summed E-state index contributed by atoms with van der Waals surface area (Å²) in [6.45, 7) is 5.50. The van der Waals surface area contributed by atoms with Crippen LogP contribution in [0.3, 0.4) is 0 Å². The van der Waals surface area contributed by atoms with Crippen molar-refractivity contribution in [1.82, 2.24) is 14.5 Å². The topological polar surface area (TPSA) is 73.2 Å². The SMILES string of the molecule is CCn1nc(-c2cccc(C(C)(C)NS(=O)(=O)CC(F)(F)F)c2)cc1Oc1ccccc1. The number of para-hydroxylation sites is 1. The molecule has 10 heteroatoms. The Morgan fingerprint density at radius 1 is 1.03 bits per heavy atom. The molecule has 3 rings (SSSR count). The average Bonchev–Trinajstić information content (AvgIpc) is 3.09. The maximum absolute atomic E-state index is 12.6. The van der Waals surface area contributed by atoms with Gasteiger partial charge in [-0.25, -0.2) is 17.8 Å². The molecule has 32 heavy (non-hydrogen) atoms. The fourth-order valence-corrected chi connectivity index (χ4v) is 4.62. The van der Waals surface area contributed by atoms with E-state index in [4.69, 9.17) is 4.74 Å². The minimum Gasteiger partial charge on any atom is -0.439 e. The molecule has 0 spiro atoms. The lowest BCUT2D eigenvalue weighted by Crippen LogP contribution is -2.44. The molecule has 0 aliphatic carbocycles. The summed E-state index contributed by atoms with van der Waals surface area (Å²) in [6.07, 6.45) is -4.83. The molecule has 0 aliphatic heterocycles. The number of nitrogens with zero attached hydrogens (tertiary/aromatic N) is 2. The zero-order valence-corrected chi connectivity index (χ0v) is 18.7. The van der Waals surface area contributed by atoms with Gasteiger partial charge in [-0.05, 0) is 44.5 Å². The summed E-state index contributed by atoms with van der Waals surface area (Å²) in [7, 11) is -4.58. The first kappa shape index (κ1) is 23.8. The normalized spacial score (nSPS) is 12.7. The molecule has 0 bridgehead atoms. The summed E-state index contributed by atoms with van der Waals surface area (Å²) in [5.41, 5.74) is 0.498. The fourth-order valence-electron chi connectivity index (χ4n) is 3.23. The van der Waals surface area contributed by atoms with Gasteiger partial charge in [-0.2, -0.15) is 18.3 Å². The monoisotopic (exact) mass is 467 g/mol. The predicted octanol–water partition coefficient (Wildman–Crippen LogP) is 5.08. The molecule has 3 aromatic rings. The second-order valence-electron chi connectivity index (χ2n) is 7.78. The van der Waals surface area contributed by atoms with Gasteiger partial charge in [0.1, 0.15) is 5.75 Å². The lowest BCUT2D eigenvalue weighted by molar-refractivity contribution is -0.106. The number of ether oxygens (including phenoxy) is 1. The van der Waals surface area contributed by atoms with Crippen LogP contribution in [0.2, 0.25) is 0 Å². The van der Waals surface area contributed by atoms with Crippen LogP contribution >= 0.6 is 0 Å². The third-order valence-corrected chi connectivity index (χ3v) is 6.18. The van der Waals surface area contributed by atoms with E-state index >= 15 is 0 Å². The number of hydrogen-bond donors (Lipinski definition) is 1. The Morgan fingerprint density at radius 2 is 1.72 bits per heavy atom. The Bertz CT molecular complexity index is 1170. The molecule has 6 nitrogen and oxygen atoms in total. The predicted molar refractivity (Wildman–Crippen MR) is 116 cm³/mol. The van der Waals surface area contributed by atoms with Crippen molar-refractivity contribution >= 4 is 10.0 Å². The summed E-state index contributed by atoms with van der Waals surface area (Å²) < 4.78 is 71.5. The maximum atomic E-state index is 12.6. The molecule has 0 amide bonds. The second kappa shape index (κ2) is 8.95. The molecule has 0 fully saturated rings. The zero-order chi connectivity index (χ0) is 23.6. The van der Waals surface area contributed by atoms with Gasteiger partial charge in [0.15, 0.2) is 5.75 Å². The van der Waals surface area contributed by atoms with Crippen molar-refractivity contribution < 1.29 is 26.3 Å². The van der Waals surface area contributed by atoms with Crippen molar-refractivity contribution in [3.05, 3.63) is 66.2 Å². The van der Waals surface area contributed by atoms with E-state index in [0.29, 0.717) is 35.0 Å². The Labute approximate surface area is 185 Å². The summed E-state index contributed by atoms with van der Waals surface area (Å²) in [5.74, 6) is -0.753. The minimum atomic E-state index is -4.83. The number of aryl methyl sites for hydroxylation is 1. The van der Waals surface area contributed by atoms with Crippen molar-refractivity contribution in [2.75, 3.05) is 5.75 Å². The van der Waals surface area contributed by atoms with Gasteiger partial charge in [0.2, 0.25) is 15.9 Å². The molecule has 1 N–H and O–H groups in total. The van der Waals surface area contributed by atoms with Crippen molar-refractivity contribution in [1.29, 1.82) is 0 Å². The van der Waals surface area contributed by atoms with E-state index in [0.717, 1.165) is 0 Å². The highest BCUT2D eigenvalue weighted by molar-refractivity contribution is 7.89. The maximum Gasteiger partial charge on any atom is 0.404 e. The number of hydrogen-bond acceptors (Lipinski definition) is 4. The molecule has 0 aliphatic rings. The Morgan fingerprint density at radius 3 is 2.34 bits per heavy atom. The molecule has 1 aromatic heterocycles. The van der Waals surface area contributed by atoms with Crippen LogP contribution in [0.25, 0.3) is 11.3 Å². The lowest BCUT2D eigenvalue weighted by Gasteiger charge is -2.27. The molecule has 172 valence electrons. The number of aromatic nitrogens is 2. The smallest absolute Gasteiger partial charge is 0.404 e. The van der Waals surface area contributed by atoms with Gasteiger partial charge in [0.05, 0.1) is 11.2 Å². The van der Waals surface area contributed by atoms with Crippen LogP contribution in [0.15, 0.2) is 60.7 Å². The summed E-state index contributed by atoms with van der Waals surface area (Å²) >= 11 is 0. The van der Waals surface area contributed by atoms with Crippen LogP contribution in [0.5, 0.6) is 11.6 Å². The van der Waals surface area contributed by atoms with Gasteiger partial charge in [0, 0.05) is 18.2 Å². The third kappa shape index (κ3) is 6.10. The van der Waals surface area contributed by atoms with Crippen molar-refractivity contribution in [2.24, 2.45) is 0 Å². The molecular formula is C22H24F3N3O3S. The Balaban J connectivity index is 1.89. The van der Waals surface area contributed by atoms with E-state index in [9.17, 15) is 21.6 Å². The molecular weight excluding hydrogens is 443 g/mol. The van der Waals surface area contributed by atoms with Gasteiger partial charge in [-0.3, -0.25) is 0 Å². The quantitative estimate of drug-likeness (QED) is 0.502. The van der Waals surface area contributed by atoms with Crippen LogP contribution in [0, 0.1) is 0 Å². The number of nitrogens with one attached hydrogen (secondary N) is 1. The number of alkyl halides is 3. The fraction of sp³-hybridized carbons (Fsp3) is 0.318. The van der Waals surface area contributed by atoms with Crippen molar-refractivity contribution in [2.45, 2.75) is 39.0 Å². The number of rotatable bonds is 8. The second-order valence-corrected chi connectivity index (χ2v) is 9.50. The molecule has 1 heterocycles. The highest BCUT2D eigenvalue weighted by Gasteiger charge is 2.38. The molecule has 0 atom stereocenters. The highest BCUT2D eigenvalue weighted by atomic mass is 32.2. The van der Waals surface area contributed by atoms with Gasteiger partial charge in [-0.1, -0.05) is 36.4 Å². The first-order chi connectivity index (χ1) is 14.9. The number of benzene rings is 2. The highest BCUT2D eigenvalue weighted by Crippen LogP contribution is 2.31. The Kier molecular flexibility index (Phi) is 6.66. The molecule has 0 saturated carbocycles. The van der Waals surface area contributed by atoms with Gasteiger partial charge in [0.25, 0.3) is 0 Å². The van der Waals surface area contributed by atoms with Crippen molar-refractivity contribution in [3.8, 4) is 22.9 Å². The standard InChI is InChI=1S/C22H24F3N3O3S/c1-4-28-20(31-18-11-6-5-7-12-18)14-19(26-28)16-9-8-10-17(13-16)21(2,3)27-32(29,30)15-22(23,24)25/h5-14,27H,4,15H2,1-3H3. The van der Waals surface area contributed by atoms with Crippen LogP contribution in [0.4, 0.5) is 13.2 Å². The summed E-state index contributed by atoms with van der Waals surface area (Å²) in [4.78, 5) is 0. The average molecular weight is 468 g/mol. The lowest BCUT2D eigenvalue weighted by atomic mass is 9.93. The van der Waals surface area contributed by atoms with Crippen LogP contribution < -0.4 is 9.46 Å². The van der Waals surface area contributed by atoms with E-state index < -0.39 is 27.5 Å². The van der Waals surface area contributed by atoms with Crippen LogP contribution in [0.1, 0.15) is 26.3 Å². The largest absolute Gasteiger partial charge is 0.439 e. The first-order valence-electron chi connectivity index (χ1n) is 9.88. The van der Waals surface area contributed by atoms with Crippen LogP contribution in [-0.2, 0) is 22.1 Å². The van der Waals surface area contributed by atoms with E-state index in [1.807, 2.05) is 37.3 Å². The molecule has 0 saturated heterocycles. The Hall–Kier alpha value is -2.85. The minimum absolute atomic E-state index is 0.498. The van der Waals surface area contributed by atoms with E-state index in [2.05, 4.69) is 9.82 Å². The molecule has 2 aromatic carbocycles. The third-order valence-electron chi connectivity index (χ3n) is 4.65. The number of halogens is 3. The summed E-state index contributed by atoms with van der Waals surface area (Å²) in [6, 6.07) is 17.8. The van der Waals surface area contributed by atoms with E-state index in [-0.39, 0.29) is 0 Å². The number of sulfonamides is 1.